The van der Waals surface area contributed by atoms with Crippen molar-refractivity contribution in [3.05, 3.63) is 70.7 Å². The van der Waals surface area contributed by atoms with E-state index in [1.165, 1.54) is 11.3 Å². The molecule has 0 atom stereocenters. The van der Waals surface area contributed by atoms with Crippen LogP contribution in [0.15, 0.2) is 60.2 Å². The maximum Gasteiger partial charge on any atom is 0.389 e. The predicted octanol–water partition coefficient (Wildman–Crippen LogP) is 5.28. The van der Waals surface area contributed by atoms with Crippen molar-refractivity contribution in [2.75, 3.05) is 0 Å². The van der Waals surface area contributed by atoms with Gasteiger partial charge >= 0.3 is 6.18 Å². The first kappa shape index (κ1) is 21.8. The zero-order valence-electron chi connectivity index (χ0n) is 16.7. The molecule has 164 valence electrons. The fourth-order valence-electron chi connectivity index (χ4n) is 3.53. The highest BCUT2D eigenvalue weighted by Crippen LogP contribution is 2.30. The van der Waals surface area contributed by atoms with Crippen LogP contribution in [0.2, 0.25) is 0 Å². The molecule has 2 N–H and O–H groups in total. The van der Waals surface area contributed by atoms with Gasteiger partial charge in [0, 0.05) is 30.2 Å². The van der Waals surface area contributed by atoms with Crippen molar-refractivity contribution < 1.29 is 22.8 Å². The largest absolute Gasteiger partial charge is 0.389 e. The summed E-state index contributed by atoms with van der Waals surface area (Å²) in [5.74, 6) is -0.941. The van der Waals surface area contributed by atoms with Crippen molar-refractivity contribution in [2.45, 2.75) is 25.4 Å². The number of primary amides is 1. The number of aromatic nitrogens is 2. The maximum atomic E-state index is 12.3. The highest BCUT2D eigenvalue weighted by molar-refractivity contribution is 7.12. The number of hydrogen-bond donors (Lipinski definition) is 1. The summed E-state index contributed by atoms with van der Waals surface area (Å²) in [6.45, 7) is 0. The number of carbonyl (C=O) groups is 2. The Balaban J connectivity index is 1.59. The first-order valence-electron chi connectivity index (χ1n) is 9.74. The van der Waals surface area contributed by atoms with Gasteiger partial charge in [0.05, 0.1) is 23.2 Å². The van der Waals surface area contributed by atoms with Gasteiger partial charge in [-0.25, -0.2) is 4.98 Å². The number of hydrogen-bond acceptors (Lipinski definition) is 4. The molecule has 32 heavy (non-hydrogen) atoms. The Labute approximate surface area is 185 Å². The van der Waals surface area contributed by atoms with E-state index in [4.69, 9.17) is 5.73 Å². The van der Waals surface area contributed by atoms with Gasteiger partial charge in [0.1, 0.15) is 11.4 Å². The Morgan fingerprint density at radius 1 is 1.09 bits per heavy atom. The molecule has 4 aromatic rings. The van der Waals surface area contributed by atoms with Gasteiger partial charge in [-0.3, -0.25) is 14.0 Å². The summed E-state index contributed by atoms with van der Waals surface area (Å²) in [6.07, 6.45) is -2.51. The van der Waals surface area contributed by atoms with Crippen LogP contribution in [0.3, 0.4) is 0 Å². The van der Waals surface area contributed by atoms with Gasteiger partial charge < -0.3 is 5.73 Å². The molecule has 5 nitrogen and oxygen atoms in total. The number of pyridine rings is 1. The molecule has 0 spiro atoms. The van der Waals surface area contributed by atoms with Gasteiger partial charge in [-0.1, -0.05) is 18.2 Å². The Hall–Kier alpha value is -3.46. The number of fused-ring (bicyclic) bond motifs is 1. The minimum absolute atomic E-state index is 0.0567. The molecule has 3 heterocycles. The molecule has 0 radical (unpaired) electrons. The molecule has 4 rings (SSSR count). The van der Waals surface area contributed by atoms with Crippen LogP contribution in [0.4, 0.5) is 13.2 Å². The third kappa shape index (κ3) is 4.72. The van der Waals surface area contributed by atoms with E-state index in [9.17, 15) is 22.8 Å². The van der Waals surface area contributed by atoms with E-state index >= 15 is 0 Å². The molecular formula is C23H18F3N3O2S. The number of imidazole rings is 1. The van der Waals surface area contributed by atoms with Crippen LogP contribution in [-0.4, -0.2) is 27.3 Å². The molecule has 3 aromatic heterocycles. The van der Waals surface area contributed by atoms with Gasteiger partial charge in [0.15, 0.2) is 0 Å². The molecule has 0 aliphatic carbocycles. The molecule has 0 saturated heterocycles. The van der Waals surface area contributed by atoms with Crippen molar-refractivity contribution in [1.29, 1.82) is 0 Å². The van der Waals surface area contributed by atoms with Crippen LogP contribution in [0.1, 0.15) is 28.1 Å². The van der Waals surface area contributed by atoms with E-state index in [1.54, 1.807) is 29.8 Å². The zero-order chi connectivity index (χ0) is 22.9. The molecule has 0 saturated carbocycles. The number of ketones is 1. The number of nitrogens with zero attached hydrogens (tertiary/aromatic N) is 2. The van der Waals surface area contributed by atoms with E-state index in [1.807, 2.05) is 34.9 Å². The molecule has 0 fully saturated rings. The second-order valence-electron chi connectivity index (χ2n) is 7.35. The topological polar surface area (TPSA) is 77.5 Å². The summed E-state index contributed by atoms with van der Waals surface area (Å²) < 4.78 is 38.9. The number of halogens is 3. The zero-order valence-corrected chi connectivity index (χ0v) is 17.5. The van der Waals surface area contributed by atoms with E-state index in [0.29, 0.717) is 16.1 Å². The summed E-state index contributed by atoms with van der Waals surface area (Å²) in [7, 11) is 0. The van der Waals surface area contributed by atoms with Crippen LogP contribution in [0.5, 0.6) is 0 Å². The SMILES string of the molecule is NC(=O)c1sccc1-c1ccn2c(-c3cccc(CC(=O)CCC(F)(F)F)c3)cnc2c1. The third-order valence-electron chi connectivity index (χ3n) is 5.02. The van der Waals surface area contributed by atoms with Crippen molar-refractivity contribution in [1.82, 2.24) is 9.38 Å². The molecule has 0 bridgehead atoms. The predicted molar refractivity (Wildman–Crippen MR) is 116 cm³/mol. The van der Waals surface area contributed by atoms with Gasteiger partial charge in [0.2, 0.25) is 0 Å². The lowest BCUT2D eigenvalue weighted by molar-refractivity contribution is -0.143. The van der Waals surface area contributed by atoms with E-state index in [-0.39, 0.29) is 6.42 Å². The van der Waals surface area contributed by atoms with Crippen molar-refractivity contribution in [3.8, 4) is 22.4 Å². The molecule has 1 aromatic carbocycles. The fraction of sp³-hybridized carbons (Fsp3) is 0.174. The van der Waals surface area contributed by atoms with Crippen LogP contribution >= 0.6 is 11.3 Å². The van der Waals surface area contributed by atoms with Gasteiger partial charge in [-0.15, -0.1) is 11.3 Å². The van der Waals surface area contributed by atoms with Crippen LogP contribution in [0, 0.1) is 0 Å². The van der Waals surface area contributed by atoms with E-state index in [2.05, 4.69) is 4.98 Å². The summed E-state index contributed by atoms with van der Waals surface area (Å²) in [5.41, 5.74) is 9.88. The number of alkyl halides is 3. The molecule has 0 aliphatic rings. The molecular weight excluding hydrogens is 439 g/mol. The first-order chi connectivity index (χ1) is 15.2. The maximum absolute atomic E-state index is 12.3. The van der Waals surface area contributed by atoms with Gasteiger partial charge in [-0.2, -0.15) is 13.2 Å². The number of carbonyl (C=O) groups excluding carboxylic acids is 2. The minimum atomic E-state index is -4.34. The Bertz CT molecular complexity index is 1310. The van der Waals surface area contributed by atoms with Gasteiger partial charge in [-0.05, 0) is 40.8 Å². The highest BCUT2D eigenvalue weighted by atomic mass is 32.1. The minimum Gasteiger partial charge on any atom is -0.365 e. The number of nitrogens with two attached hydrogens (primary N) is 1. The fourth-order valence-corrected chi connectivity index (χ4v) is 4.30. The third-order valence-corrected chi connectivity index (χ3v) is 5.95. The Kier molecular flexibility index (Phi) is 5.84. The number of thiophene rings is 1. The summed E-state index contributed by atoms with van der Waals surface area (Å²) in [6, 6.07) is 12.7. The highest BCUT2D eigenvalue weighted by Gasteiger charge is 2.27. The van der Waals surface area contributed by atoms with Crippen molar-refractivity contribution in [2.24, 2.45) is 5.73 Å². The lowest BCUT2D eigenvalue weighted by atomic mass is 10.0. The van der Waals surface area contributed by atoms with E-state index < -0.39 is 30.7 Å². The van der Waals surface area contributed by atoms with Crippen LogP contribution in [0.25, 0.3) is 28.0 Å². The second kappa shape index (κ2) is 8.58. The summed E-state index contributed by atoms with van der Waals surface area (Å²) in [4.78, 5) is 28.5. The van der Waals surface area contributed by atoms with Gasteiger partial charge in [0.25, 0.3) is 5.91 Å². The number of rotatable bonds is 7. The average Bonchev–Trinajstić information content (AvgIpc) is 3.39. The average molecular weight is 457 g/mol. The molecule has 0 aliphatic heterocycles. The molecule has 0 unspecified atom stereocenters. The van der Waals surface area contributed by atoms with Crippen LogP contribution < -0.4 is 5.73 Å². The summed E-state index contributed by atoms with van der Waals surface area (Å²) >= 11 is 1.28. The van der Waals surface area contributed by atoms with Crippen LogP contribution in [-0.2, 0) is 11.2 Å². The number of benzene rings is 1. The smallest absolute Gasteiger partial charge is 0.365 e. The quantitative estimate of drug-likeness (QED) is 0.410. The molecule has 9 heteroatoms. The molecule has 1 amide bonds. The Morgan fingerprint density at radius 3 is 2.66 bits per heavy atom. The lowest BCUT2D eigenvalue weighted by Crippen LogP contribution is -2.12. The van der Waals surface area contributed by atoms with E-state index in [0.717, 1.165) is 22.4 Å². The van der Waals surface area contributed by atoms with Crippen molar-refractivity contribution in [3.63, 3.8) is 0 Å². The Morgan fingerprint density at radius 2 is 1.91 bits per heavy atom. The number of amides is 1. The van der Waals surface area contributed by atoms with Crippen molar-refractivity contribution >= 4 is 28.7 Å². The first-order valence-corrected chi connectivity index (χ1v) is 10.6. The monoisotopic (exact) mass is 457 g/mol. The second-order valence-corrected chi connectivity index (χ2v) is 8.26. The summed E-state index contributed by atoms with van der Waals surface area (Å²) in [5, 5.41) is 1.80. The lowest BCUT2D eigenvalue weighted by Gasteiger charge is -2.08. The normalized spacial score (nSPS) is 11.7. The number of Topliss-reactive ketones (excluding diaryl/α,β-unsaturated/α-hetero) is 1. The standard InChI is InChI=1S/C23H18F3N3O2S/c24-23(25,26)7-4-17(30)11-14-2-1-3-16(10-14)19-13-28-20-12-15(5-8-29(19)20)18-6-9-32-21(18)22(27)31/h1-3,5-6,8-10,12-13H,4,7,11H2,(H2,27,31).